The number of hydrogen-bond donors (Lipinski definition) is 0. The van der Waals surface area contributed by atoms with Gasteiger partial charge in [-0.05, 0) is 6.42 Å². The van der Waals surface area contributed by atoms with E-state index < -0.39 is 0 Å². The smallest absolute Gasteiger partial charge is 0.104 e. The maximum atomic E-state index is 5.28. The average Bonchev–Trinajstić information content (AvgIpc) is 2.62. The molecule has 2 nitrogen and oxygen atoms in total. The van der Waals surface area contributed by atoms with Gasteiger partial charge in [0.15, 0.2) is 0 Å². The molecule has 1 aliphatic rings. The van der Waals surface area contributed by atoms with Gasteiger partial charge in [-0.3, -0.25) is 0 Å². The van der Waals surface area contributed by atoms with Gasteiger partial charge >= 0.3 is 0 Å². The second kappa shape index (κ2) is 4.70. The maximum absolute atomic E-state index is 5.28. The number of alkyl halides is 2. The number of halogens is 2. The molecule has 60 valence electrons. The summed E-state index contributed by atoms with van der Waals surface area (Å²) in [6.07, 6.45) is 1.39. The molecule has 1 atom stereocenters. The minimum absolute atomic E-state index is 0.375. The van der Waals surface area contributed by atoms with E-state index in [4.69, 9.17) is 9.47 Å². The van der Waals surface area contributed by atoms with Crippen molar-refractivity contribution in [3.05, 3.63) is 0 Å². The molecule has 0 aromatic heterocycles. The molecule has 0 aliphatic carbocycles. The van der Waals surface area contributed by atoms with Gasteiger partial charge in [-0.1, -0.05) is 31.9 Å². The summed E-state index contributed by atoms with van der Waals surface area (Å²) in [6, 6.07) is 0. The third-order valence-corrected chi connectivity index (χ3v) is 2.10. The number of hydrogen-bond acceptors (Lipinski definition) is 2. The van der Waals surface area contributed by atoms with Crippen LogP contribution in [0.4, 0.5) is 0 Å². The van der Waals surface area contributed by atoms with Gasteiger partial charge in [-0.25, -0.2) is 0 Å². The Labute approximate surface area is 77.5 Å². The fourth-order valence-electron chi connectivity index (χ4n) is 0.551. The van der Waals surface area contributed by atoms with E-state index in [1.807, 2.05) is 0 Å². The summed E-state index contributed by atoms with van der Waals surface area (Å²) in [7, 11) is 0. The van der Waals surface area contributed by atoms with Crippen molar-refractivity contribution in [1.82, 2.24) is 0 Å². The molecule has 0 spiro atoms. The molecule has 0 radical (unpaired) electrons. The first kappa shape index (κ1) is 8.97. The second-order valence-electron chi connectivity index (χ2n) is 2.21. The fraction of sp³-hybridized carbons (Fsp3) is 1.00. The zero-order valence-electron chi connectivity index (χ0n) is 5.56. The van der Waals surface area contributed by atoms with Crippen LogP contribution in [-0.2, 0) is 9.47 Å². The lowest BCUT2D eigenvalue weighted by molar-refractivity contribution is 0.117. The Morgan fingerprint density at radius 1 is 1.60 bits per heavy atom. The number of rotatable bonds is 5. The summed E-state index contributed by atoms with van der Waals surface area (Å²) in [4.78, 5) is 0. The van der Waals surface area contributed by atoms with E-state index in [1.165, 1.54) is 0 Å². The molecule has 0 aromatic rings. The van der Waals surface area contributed by atoms with Crippen LogP contribution in [0.25, 0.3) is 0 Å². The normalized spacial score (nSPS) is 23.7. The highest BCUT2D eigenvalue weighted by atomic mass is 79.9. The van der Waals surface area contributed by atoms with E-state index in [9.17, 15) is 0 Å². The average molecular weight is 274 g/mol. The Morgan fingerprint density at radius 2 is 2.30 bits per heavy atom. The third kappa shape index (κ3) is 4.66. The first-order valence-electron chi connectivity index (χ1n) is 3.26. The Hall–Kier alpha value is 0.880. The number of epoxide rings is 1. The summed E-state index contributed by atoms with van der Waals surface area (Å²) < 4.78 is 10.6. The maximum Gasteiger partial charge on any atom is 0.104 e. The SMILES string of the molecule is BrC(Br)CCOCC1CO1. The predicted molar refractivity (Wildman–Crippen MR) is 46.8 cm³/mol. The molecular formula is C6H10Br2O2. The summed E-state index contributed by atoms with van der Waals surface area (Å²) in [5.41, 5.74) is 0. The van der Waals surface area contributed by atoms with Crippen molar-refractivity contribution in [1.29, 1.82) is 0 Å². The van der Waals surface area contributed by atoms with Crippen LogP contribution in [0.1, 0.15) is 6.42 Å². The quantitative estimate of drug-likeness (QED) is 0.434. The molecular weight excluding hydrogens is 264 g/mol. The second-order valence-corrected chi connectivity index (χ2v) is 5.65. The van der Waals surface area contributed by atoms with Crippen molar-refractivity contribution in [3.8, 4) is 0 Å². The van der Waals surface area contributed by atoms with Crippen LogP contribution in [0.2, 0.25) is 0 Å². The molecule has 1 fully saturated rings. The van der Waals surface area contributed by atoms with Gasteiger partial charge in [0.2, 0.25) is 0 Å². The monoisotopic (exact) mass is 272 g/mol. The summed E-state index contributed by atoms with van der Waals surface area (Å²) >= 11 is 6.73. The van der Waals surface area contributed by atoms with Gasteiger partial charge in [-0.2, -0.15) is 0 Å². The lowest BCUT2D eigenvalue weighted by Gasteiger charge is -2.01. The lowest BCUT2D eigenvalue weighted by atomic mass is 10.5. The van der Waals surface area contributed by atoms with E-state index >= 15 is 0 Å². The summed E-state index contributed by atoms with van der Waals surface area (Å²) in [5, 5.41) is 0. The van der Waals surface area contributed by atoms with Gasteiger partial charge in [-0.15, -0.1) is 0 Å². The highest BCUT2D eigenvalue weighted by molar-refractivity contribution is 9.24. The highest BCUT2D eigenvalue weighted by Crippen LogP contribution is 2.13. The van der Waals surface area contributed by atoms with Crippen LogP contribution in [0.5, 0.6) is 0 Å². The minimum atomic E-state index is 0.375. The standard InChI is InChI=1S/C6H10Br2O2/c7-6(8)1-2-9-3-5-4-10-5/h5-6H,1-4H2. The van der Waals surface area contributed by atoms with Crippen LogP contribution in [0, 0.1) is 0 Å². The van der Waals surface area contributed by atoms with Gasteiger partial charge in [0.1, 0.15) is 6.10 Å². The fourth-order valence-corrected chi connectivity index (χ4v) is 0.925. The molecule has 0 N–H and O–H groups in total. The predicted octanol–water partition coefficient (Wildman–Crippen LogP) is 1.91. The minimum Gasteiger partial charge on any atom is -0.379 e. The Balaban J connectivity index is 1.76. The molecule has 0 amide bonds. The molecule has 4 heteroatoms. The van der Waals surface area contributed by atoms with E-state index in [0.717, 1.165) is 26.2 Å². The molecule has 1 rings (SSSR count). The zero-order chi connectivity index (χ0) is 7.40. The first-order valence-corrected chi connectivity index (χ1v) is 5.09. The molecule has 1 saturated heterocycles. The van der Waals surface area contributed by atoms with Gasteiger partial charge in [0, 0.05) is 6.61 Å². The highest BCUT2D eigenvalue weighted by Gasteiger charge is 2.21. The van der Waals surface area contributed by atoms with Crippen molar-refractivity contribution in [2.45, 2.75) is 16.3 Å². The van der Waals surface area contributed by atoms with Gasteiger partial charge in [0.05, 0.1) is 17.0 Å². The third-order valence-electron chi connectivity index (χ3n) is 1.19. The van der Waals surface area contributed by atoms with E-state index in [0.29, 0.717) is 9.84 Å². The lowest BCUT2D eigenvalue weighted by Crippen LogP contribution is -2.04. The molecule has 0 bridgehead atoms. The van der Waals surface area contributed by atoms with Crippen LogP contribution in [0.3, 0.4) is 0 Å². The van der Waals surface area contributed by atoms with Crippen molar-refractivity contribution in [2.75, 3.05) is 19.8 Å². The Morgan fingerprint density at radius 3 is 2.80 bits per heavy atom. The van der Waals surface area contributed by atoms with Gasteiger partial charge in [0.25, 0.3) is 0 Å². The van der Waals surface area contributed by atoms with Crippen LogP contribution in [0.15, 0.2) is 0 Å². The van der Waals surface area contributed by atoms with E-state index in [1.54, 1.807) is 0 Å². The number of ether oxygens (including phenoxy) is 2. The van der Waals surface area contributed by atoms with Crippen LogP contribution >= 0.6 is 31.9 Å². The first-order chi connectivity index (χ1) is 4.79. The van der Waals surface area contributed by atoms with Crippen LogP contribution < -0.4 is 0 Å². The molecule has 1 heterocycles. The largest absolute Gasteiger partial charge is 0.379 e. The van der Waals surface area contributed by atoms with E-state index in [-0.39, 0.29) is 0 Å². The van der Waals surface area contributed by atoms with Gasteiger partial charge < -0.3 is 9.47 Å². The Bertz CT molecular complexity index is 89.7. The molecule has 10 heavy (non-hydrogen) atoms. The molecule has 1 aliphatic heterocycles. The topological polar surface area (TPSA) is 21.8 Å². The van der Waals surface area contributed by atoms with Crippen molar-refractivity contribution >= 4 is 31.9 Å². The van der Waals surface area contributed by atoms with Crippen molar-refractivity contribution in [2.24, 2.45) is 0 Å². The summed E-state index contributed by atoms with van der Waals surface area (Å²) in [6.45, 7) is 2.43. The summed E-state index contributed by atoms with van der Waals surface area (Å²) in [5.74, 6) is 0. The van der Waals surface area contributed by atoms with Crippen LogP contribution in [-0.4, -0.2) is 29.7 Å². The Kier molecular flexibility index (Phi) is 4.21. The molecule has 1 unspecified atom stereocenters. The molecule has 0 saturated carbocycles. The zero-order valence-corrected chi connectivity index (χ0v) is 8.73. The van der Waals surface area contributed by atoms with Crippen molar-refractivity contribution in [3.63, 3.8) is 0 Å². The molecule has 0 aromatic carbocycles. The van der Waals surface area contributed by atoms with Crippen molar-refractivity contribution < 1.29 is 9.47 Å². The van der Waals surface area contributed by atoms with E-state index in [2.05, 4.69) is 31.9 Å².